The Balaban J connectivity index is 2.77. The van der Waals surface area contributed by atoms with Crippen molar-refractivity contribution in [2.45, 2.75) is 25.1 Å². The summed E-state index contributed by atoms with van der Waals surface area (Å²) in [6, 6.07) is 9.85. The molecule has 1 rings (SSSR count). The first kappa shape index (κ1) is 12.2. The van der Waals surface area contributed by atoms with Crippen molar-refractivity contribution in [2.24, 2.45) is 0 Å². The Morgan fingerprint density at radius 1 is 1.47 bits per heavy atom. The van der Waals surface area contributed by atoms with Crippen molar-refractivity contribution < 1.29 is 0 Å². The predicted octanol–water partition coefficient (Wildman–Crippen LogP) is 4.14. The van der Waals surface area contributed by atoms with Crippen molar-refractivity contribution in [2.75, 3.05) is 0 Å². The van der Waals surface area contributed by atoms with E-state index in [0.717, 1.165) is 16.2 Å². The minimum atomic E-state index is -0.424. The molecule has 1 unspecified atom stereocenters. The highest BCUT2D eigenvalue weighted by atomic mass is 32.2. The van der Waals surface area contributed by atoms with Crippen LogP contribution in [-0.4, -0.2) is 9.07 Å². The third kappa shape index (κ3) is 3.33. The molecule has 0 aliphatic rings. The van der Waals surface area contributed by atoms with E-state index in [2.05, 4.69) is 4.85 Å². The van der Waals surface area contributed by atoms with Crippen molar-refractivity contribution in [3.63, 3.8) is 0 Å². The van der Waals surface area contributed by atoms with Gasteiger partial charge in [0.05, 0.1) is 4.20 Å². The fraction of sp³-hybridized carbons (Fsp3) is 0.333. The van der Waals surface area contributed by atoms with E-state index in [1.807, 2.05) is 44.2 Å². The molecular formula is C12H13NS2. The van der Waals surface area contributed by atoms with Gasteiger partial charge < -0.3 is 0 Å². The quantitative estimate of drug-likeness (QED) is 0.573. The Labute approximate surface area is 101 Å². The highest BCUT2D eigenvalue weighted by Gasteiger charge is 2.30. The highest BCUT2D eigenvalue weighted by Crippen LogP contribution is 2.33. The molecule has 0 aliphatic heterocycles. The van der Waals surface area contributed by atoms with Crippen LogP contribution in [0.2, 0.25) is 0 Å². The Kier molecular flexibility index (Phi) is 4.31. The second-order valence-electron chi connectivity index (χ2n) is 3.40. The molecule has 1 aromatic rings. The zero-order valence-corrected chi connectivity index (χ0v) is 10.5. The topological polar surface area (TPSA) is 4.36 Å². The standard InChI is InChI=1S/C12H13NS2/c1-4-12(2,13-3)15-11(14)10-8-6-5-7-9-10/h5-9H,4H2,1-2H3. The summed E-state index contributed by atoms with van der Waals surface area (Å²) in [4.78, 5) is 3.21. The molecular weight excluding hydrogens is 222 g/mol. The van der Waals surface area contributed by atoms with Crippen LogP contribution >= 0.6 is 24.0 Å². The summed E-state index contributed by atoms with van der Waals surface area (Å²) in [6.45, 7) is 11.1. The smallest absolute Gasteiger partial charge is 0.279 e. The first-order valence-electron chi connectivity index (χ1n) is 4.78. The molecule has 1 aromatic carbocycles. The molecule has 0 bridgehead atoms. The van der Waals surface area contributed by atoms with Gasteiger partial charge in [0.1, 0.15) is 0 Å². The van der Waals surface area contributed by atoms with E-state index in [-0.39, 0.29) is 0 Å². The van der Waals surface area contributed by atoms with Crippen LogP contribution in [0.25, 0.3) is 4.85 Å². The highest BCUT2D eigenvalue weighted by molar-refractivity contribution is 8.24. The Hall–Kier alpha value is -0.850. The average Bonchev–Trinajstić information content (AvgIpc) is 2.30. The summed E-state index contributed by atoms with van der Waals surface area (Å²) in [7, 11) is 0. The first-order chi connectivity index (χ1) is 7.11. The average molecular weight is 235 g/mol. The maximum atomic E-state index is 7.16. The van der Waals surface area contributed by atoms with Gasteiger partial charge in [0.25, 0.3) is 4.87 Å². The van der Waals surface area contributed by atoms with E-state index in [0.29, 0.717) is 0 Å². The summed E-state index contributed by atoms with van der Waals surface area (Å²) >= 11 is 6.80. The van der Waals surface area contributed by atoms with Crippen LogP contribution in [0.4, 0.5) is 0 Å². The van der Waals surface area contributed by atoms with Crippen LogP contribution in [0, 0.1) is 6.57 Å². The lowest BCUT2D eigenvalue weighted by molar-refractivity contribution is 0.755. The van der Waals surface area contributed by atoms with Crippen molar-refractivity contribution in [1.82, 2.24) is 0 Å². The molecule has 0 fully saturated rings. The summed E-state index contributed by atoms with van der Waals surface area (Å²) < 4.78 is 0.802. The molecule has 0 radical (unpaired) electrons. The van der Waals surface area contributed by atoms with Gasteiger partial charge >= 0.3 is 0 Å². The normalized spacial score (nSPS) is 13.9. The van der Waals surface area contributed by atoms with E-state index < -0.39 is 4.87 Å². The van der Waals surface area contributed by atoms with Crippen LogP contribution in [0.1, 0.15) is 25.8 Å². The molecule has 0 aliphatic carbocycles. The fourth-order valence-electron chi connectivity index (χ4n) is 1.01. The molecule has 3 heteroatoms. The Morgan fingerprint density at radius 3 is 2.53 bits per heavy atom. The van der Waals surface area contributed by atoms with Crippen molar-refractivity contribution in [3.05, 3.63) is 47.3 Å². The number of nitrogens with zero attached hydrogens (tertiary/aromatic N) is 1. The van der Waals surface area contributed by atoms with Crippen LogP contribution in [0.3, 0.4) is 0 Å². The molecule has 0 amide bonds. The number of thioether (sulfide) groups is 1. The number of benzene rings is 1. The van der Waals surface area contributed by atoms with Gasteiger partial charge in [-0.15, -0.1) is 0 Å². The van der Waals surface area contributed by atoms with Gasteiger partial charge in [-0.1, -0.05) is 49.5 Å². The molecule has 78 valence electrons. The zero-order valence-electron chi connectivity index (χ0n) is 8.86. The van der Waals surface area contributed by atoms with E-state index in [1.54, 1.807) is 0 Å². The third-order valence-corrected chi connectivity index (χ3v) is 3.94. The van der Waals surface area contributed by atoms with Gasteiger partial charge in [-0.25, -0.2) is 6.57 Å². The lowest BCUT2D eigenvalue weighted by Crippen LogP contribution is -2.15. The molecule has 0 N–H and O–H groups in total. The minimum absolute atomic E-state index is 0.424. The van der Waals surface area contributed by atoms with Crippen LogP contribution in [0.5, 0.6) is 0 Å². The zero-order chi connectivity index (χ0) is 11.3. The van der Waals surface area contributed by atoms with Crippen molar-refractivity contribution >= 4 is 28.2 Å². The van der Waals surface area contributed by atoms with Gasteiger partial charge in [0.15, 0.2) is 0 Å². The third-order valence-electron chi connectivity index (χ3n) is 2.21. The summed E-state index contributed by atoms with van der Waals surface area (Å²) in [5.74, 6) is 0. The molecule has 1 nitrogen and oxygen atoms in total. The lowest BCUT2D eigenvalue weighted by Gasteiger charge is -2.14. The molecule has 0 saturated carbocycles. The lowest BCUT2D eigenvalue weighted by atomic mass is 10.2. The summed E-state index contributed by atoms with van der Waals surface area (Å²) in [6.07, 6.45) is 0.800. The van der Waals surface area contributed by atoms with E-state index in [1.165, 1.54) is 11.8 Å². The van der Waals surface area contributed by atoms with Crippen molar-refractivity contribution in [3.8, 4) is 0 Å². The number of rotatable bonds is 3. The summed E-state index contributed by atoms with van der Waals surface area (Å²) in [5, 5.41) is 0. The molecule has 0 spiro atoms. The van der Waals surface area contributed by atoms with Crippen LogP contribution < -0.4 is 0 Å². The number of hydrogen-bond acceptors (Lipinski definition) is 2. The van der Waals surface area contributed by atoms with Gasteiger partial charge in [-0.3, -0.25) is 4.85 Å². The second kappa shape index (κ2) is 5.29. The SMILES string of the molecule is [C-]#[N+]C(C)(CC)SC(=S)c1ccccc1. The minimum Gasteiger partial charge on any atom is -0.299 e. The summed E-state index contributed by atoms with van der Waals surface area (Å²) in [5.41, 5.74) is 1.03. The van der Waals surface area contributed by atoms with Gasteiger partial charge in [-0.05, 0) is 17.3 Å². The van der Waals surface area contributed by atoms with E-state index in [4.69, 9.17) is 18.8 Å². The van der Waals surface area contributed by atoms with Gasteiger partial charge in [0.2, 0.25) is 0 Å². The maximum absolute atomic E-state index is 7.16. The molecule has 0 heterocycles. The van der Waals surface area contributed by atoms with Gasteiger partial charge in [-0.2, -0.15) is 0 Å². The van der Waals surface area contributed by atoms with Crippen LogP contribution in [-0.2, 0) is 0 Å². The second-order valence-corrected chi connectivity index (χ2v) is 5.55. The molecule has 0 aromatic heterocycles. The molecule has 15 heavy (non-hydrogen) atoms. The van der Waals surface area contributed by atoms with Gasteiger partial charge in [0, 0.05) is 13.3 Å². The maximum Gasteiger partial charge on any atom is 0.279 e. The van der Waals surface area contributed by atoms with E-state index in [9.17, 15) is 0 Å². The largest absolute Gasteiger partial charge is 0.299 e. The van der Waals surface area contributed by atoms with Crippen LogP contribution in [0.15, 0.2) is 30.3 Å². The number of hydrogen-bond donors (Lipinski definition) is 0. The Morgan fingerprint density at radius 2 is 2.07 bits per heavy atom. The van der Waals surface area contributed by atoms with Crippen molar-refractivity contribution in [1.29, 1.82) is 0 Å². The van der Waals surface area contributed by atoms with E-state index >= 15 is 0 Å². The first-order valence-corrected chi connectivity index (χ1v) is 6.01. The molecule has 1 atom stereocenters. The predicted molar refractivity (Wildman–Crippen MR) is 71.0 cm³/mol. The monoisotopic (exact) mass is 235 g/mol. The Bertz CT molecular complexity index is 380. The number of thiocarbonyl (C=S) groups is 1. The fourth-order valence-corrected chi connectivity index (χ4v) is 2.52. The molecule has 0 saturated heterocycles.